The zero-order valence-electron chi connectivity index (χ0n) is 25.2. The number of hydrogen-bond acceptors (Lipinski definition) is 18. The Bertz CT molecular complexity index is 975. The van der Waals surface area contributed by atoms with Gasteiger partial charge >= 0.3 is 0 Å². The fraction of sp³-hybridized carbons (Fsp3) is 0.636. The van der Waals surface area contributed by atoms with Gasteiger partial charge in [-0.2, -0.15) is 25.3 Å². The predicted octanol–water partition coefficient (Wildman–Crippen LogP) is -5.56. The lowest BCUT2D eigenvalue weighted by molar-refractivity contribution is -0.400. The van der Waals surface area contributed by atoms with Gasteiger partial charge in [0.2, 0.25) is 28.0 Å². The van der Waals surface area contributed by atoms with Gasteiger partial charge < -0.3 is 33.5 Å². The molecule has 0 spiro atoms. The number of hydrazine groups is 2. The number of carbonyl (C=O) groups excluding carboxylic acids is 8. The highest BCUT2D eigenvalue weighted by molar-refractivity contribution is 8.14. The third-order valence-electron chi connectivity index (χ3n) is 4.61. The third kappa shape index (κ3) is 30.5. The molecular weight excluding hydrogens is 764 g/mol. The number of rotatable bonds is 10. The lowest BCUT2D eigenvalue weighted by atomic mass is 10.2. The number of amides is 4. The number of quaternary nitrogens is 1. The van der Waals surface area contributed by atoms with E-state index >= 15 is 0 Å². The van der Waals surface area contributed by atoms with Crippen LogP contribution in [0.3, 0.4) is 0 Å². The molecule has 2 rings (SSSR count). The largest absolute Gasteiger partial charge is 1.00 e. The average Bonchev–Trinajstić information content (AvgIpc) is 3.61. The number of halogens is 1. The predicted molar refractivity (Wildman–Crippen MR) is 191 cm³/mol. The Morgan fingerprint density at radius 2 is 1.41 bits per heavy atom. The molecule has 0 saturated carbocycles. The number of nitrogens with one attached hydrogen (secondary N) is 4. The summed E-state index contributed by atoms with van der Waals surface area (Å²) in [5.41, 5.74) is 5.61. The van der Waals surface area contributed by atoms with Crippen LogP contribution in [0, 0.1) is 0 Å². The van der Waals surface area contributed by atoms with E-state index in [9.17, 15) is 38.4 Å². The third-order valence-corrected chi connectivity index (χ3v) is 9.10. The lowest BCUT2D eigenvalue weighted by Gasteiger charge is -2.14. The molecule has 46 heavy (non-hydrogen) atoms. The van der Waals surface area contributed by atoms with Crippen LogP contribution in [0.25, 0.3) is 0 Å². The summed E-state index contributed by atoms with van der Waals surface area (Å²) in [5.74, 6) is 14.2. The second-order valence-electron chi connectivity index (χ2n) is 8.12. The van der Waals surface area contributed by atoms with Gasteiger partial charge in [0, 0.05) is 31.8 Å². The fourth-order valence-corrected chi connectivity index (χ4v) is 5.76. The summed E-state index contributed by atoms with van der Waals surface area (Å²) in [5, 5.41) is 5.19. The molecule has 24 heteroatoms. The highest BCUT2D eigenvalue weighted by atomic mass is 35.5. The van der Waals surface area contributed by atoms with E-state index in [-0.39, 0.29) is 79.9 Å². The van der Waals surface area contributed by atoms with E-state index < -0.39 is 11.9 Å². The van der Waals surface area contributed by atoms with E-state index in [4.69, 9.17) is 5.84 Å². The first-order valence-corrected chi connectivity index (χ1v) is 18.4. The second kappa shape index (κ2) is 34.0. The van der Waals surface area contributed by atoms with Crippen LogP contribution in [0.15, 0.2) is 0 Å². The molecule has 4 amide bonds. The van der Waals surface area contributed by atoms with Crippen molar-refractivity contribution >= 4 is 129 Å². The normalized spacial score (nSPS) is 16.4. The smallest absolute Gasteiger partial charge is 0.256 e. The van der Waals surface area contributed by atoms with Crippen molar-refractivity contribution in [3.63, 3.8) is 0 Å². The second-order valence-corrected chi connectivity index (χ2v) is 13.6. The van der Waals surface area contributed by atoms with Crippen LogP contribution >= 0.6 is 85.1 Å². The number of hydrogen-bond donors (Lipinski definition) is 11. The Morgan fingerprint density at radius 3 is 1.74 bits per heavy atom. The molecule has 16 nitrogen and oxygen atoms in total. The van der Waals surface area contributed by atoms with Gasteiger partial charge in [0.15, 0.2) is 16.3 Å². The molecule has 268 valence electrons. The van der Waals surface area contributed by atoms with Gasteiger partial charge in [-0.25, -0.2) is 5.84 Å². The van der Waals surface area contributed by atoms with Crippen molar-refractivity contribution in [1.29, 1.82) is 0 Å². The first-order chi connectivity index (χ1) is 21.2. The molecule has 0 bridgehead atoms. The summed E-state index contributed by atoms with van der Waals surface area (Å²) < 4.78 is 2.10. The summed E-state index contributed by atoms with van der Waals surface area (Å²) in [6, 6.07) is -0.882. The molecular formula is C22H43ClN8O8S7. The minimum atomic E-state index is -0.623. The molecule has 2 saturated heterocycles. The van der Waals surface area contributed by atoms with Crippen LogP contribution in [0.5, 0.6) is 0 Å². The zero-order valence-corrected chi connectivity index (χ0v) is 31.9. The van der Waals surface area contributed by atoms with E-state index in [1.807, 2.05) is 5.43 Å². The average molecular weight is 808 g/mol. The highest BCUT2D eigenvalue weighted by Gasteiger charge is 2.26. The van der Waals surface area contributed by atoms with Gasteiger partial charge in [-0.15, -0.1) is 0 Å². The lowest BCUT2D eigenvalue weighted by Crippen LogP contribution is -3.00. The highest BCUT2D eigenvalue weighted by Crippen LogP contribution is 2.19. The Balaban J connectivity index is -0.000000256. The van der Waals surface area contributed by atoms with Crippen molar-refractivity contribution in [2.24, 2.45) is 17.5 Å². The Labute approximate surface area is 307 Å². The van der Waals surface area contributed by atoms with Gasteiger partial charge in [0.05, 0.1) is 23.3 Å². The molecule has 3 unspecified atom stereocenters. The van der Waals surface area contributed by atoms with E-state index in [2.05, 4.69) is 70.8 Å². The number of thiol groups is 3. The van der Waals surface area contributed by atoms with Gasteiger partial charge in [0.1, 0.15) is 6.04 Å². The Kier molecular flexibility index (Phi) is 38.4. The monoisotopic (exact) mass is 806 g/mol. The van der Waals surface area contributed by atoms with Gasteiger partial charge in [-0.3, -0.25) is 55.5 Å². The summed E-state index contributed by atoms with van der Waals surface area (Å²) in [6.07, 6.45) is 2.11. The molecule has 0 aromatic carbocycles. The van der Waals surface area contributed by atoms with Crippen LogP contribution in [-0.4, -0.2) is 96.7 Å². The SMILES string of the molecule is CC(=O)SCC(=O)NC1CCSC1=O.CC(=O)SCC(=O)NS.NN.NNC(=O)C(CCS)NC(=O)CS.[Cl-].[NH3+]C1CCSC1=O. The zero-order chi connectivity index (χ0) is 35.4. The van der Waals surface area contributed by atoms with Gasteiger partial charge in [-0.1, -0.05) is 59.9 Å². The van der Waals surface area contributed by atoms with Crippen molar-refractivity contribution in [3.05, 3.63) is 0 Å². The topological polar surface area (TPSA) is 290 Å². The molecule has 3 atom stereocenters. The molecule has 13 N–H and O–H groups in total. The molecule has 0 radical (unpaired) electrons. The number of thioether (sulfide) groups is 4. The van der Waals surface area contributed by atoms with E-state index in [0.717, 1.165) is 41.5 Å². The van der Waals surface area contributed by atoms with Crippen LogP contribution in [0.1, 0.15) is 33.1 Å². The maximum atomic E-state index is 11.2. The molecule has 2 aliphatic rings. The fourth-order valence-electron chi connectivity index (χ4n) is 2.51. The van der Waals surface area contributed by atoms with Crippen molar-refractivity contribution < 1.29 is 56.5 Å². The van der Waals surface area contributed by atoms with Crippen molar-refractivity contribution in [2.75, 3.05) is 34.5 Å². The first kappa shape index (κ1) is 52.0. The maximum absolute atomic E-state index is 11.2. The van der Waals surface area contributed by atoms with Crippen LogP contribution in [-0.2, 0) is 38.4 Å². The molecule has 2 aliphatic heterocycles. The minimum absolute atomic E-state index is 0. The van der Waals surface area contributed by atoms with Crippen LogP contribution < -0.4 is 56.5 Å². The summed E-state index contributed by atoms with van der Waals surface area (Å²) >= 11 is 15.8. The Morgan fingerprint density at radius 1 is 0.913 bits per heavy atom. The molecule has 2 fully saturated rings. The molecule has 0 aromatic heterocycles. The molecule has 0 aliphatic carbocycles. The van der Waals surface area contributed by atoms with Crippen LogP contribution in [0.4, 0.5) is 0 Å². The summed E-state index contributed by atoms with van der Waals surface area (Å²) in [6.45, 7) is 2.82. The van der Waals surface area contributed by atoms with Gasteiger partial charge in [0.25, 0.3) is 5.91 Å². The maximum Gasteiger partial charge on any atom is 0.256 e. The molecule has 2 heterocycles. The molecule has 0 aromatic rings. The van der Waals surface area contributed by atoms with Crippen molar-refractivity contribution in [2.45, 2.75) is 51.2 Å². The van der Waals surface area contributed by atoms with Crippen molar-refractivity contribution in [3.8, 4) is 0 Å². The van der Waals surface area contributed by atoms with Crippen molar-refractivity contribution in [1.82, 2.24) is 20.8 Å². The minimum Gasteiger partial charge on any atom is -1.00 e. The Hall–Kier alpha value is -0.860. The standard InChI is InChI=1S/C8H11NO3S2.C6H13N3O2S2.C4H7NO2S2.C4H7NOS.ClH.H4N2/c1-5(10)14-4-7(11)9-6-2-3-13-8(6)12;7-9-6(11)4(1-2-12)8-5(10)3-13;1-3(6)9-2-4(7)5-8;5-3-1-2-7-4(3)6;;1-2/h6H,2-4H2,1H3,(H,9,11);4,12-13H,1-3,7H2,(H,8,10)(H,9,11);8H,2H2,1H3,(H,5,7);3H,1-2,5H2;1H;1-2H2. The van der Waals surface area contributed by atoms with Crippen LogP contribution in [0.2, 0.25) is 0 Å². The summed E-state index contributed by atoms with van der Waals surface area (Å²) in [4.78, 5) is 85.9. The quantitative estimate of drug-likeness (QED) is 0.0425. The van der Waals surface area contributed by atoms with E-state index in [1.165, 1.54) is 37.4 Å². The summed E-state index contributed by atoms with van der Waals surface area (Å²) in [7, 11) is 0. The number of carbonyl (C=O) groups is 8. The van der Waals surface area contributed by atoms with Gasteiger partial charge in [-0.05, 0) is 18.6 Å². The first-order valence-electron chi connectivity index (χ1n) is 12.7. The van der Waals surface area contributed by atoms with E-state index in [1.54, 1.807) is 0 Å². The van der Waals surface area contributed by atoms with E-state index in [0.29, 0.717) is 18.6 Å². The number of nitrogens with two attached hydrogens (primary N) is 3.